The third-order valence-corrected chi connectivity index (χ3v) is 3.76. The Bertz CT molecular complexity index is 942. The minimum absolute atomic E-state index is 0.0582. The molecule has 1 heterocycles. The minimum atomic E-state index is -5.08. The molecule has 1 aromatic heterocycles. The number of carbonyl (C=O) groups is 2. The molecule has 29 heavy (non-hydrogen) atoms. The smallest absolute Gasteiger partial charge is 0.475 e. The van der Waals surface area contributed by atoms with Crippen LogP contribution in [0.3, 0.4) is 0 Å². The Morgan fingerprint density at radius 1 is 1.03 bits per heavy atom. The predicted octanol–water partition coefficient (Wildman–Crippen LogP) is 4.20. The summed E-state index contributed by atoms with van der Waals surface area (Å²) in [7, 11) is 0. The topological polar surface area (TPSA) is 95.1 Å². The lowest BCUT2D eigenvalue weighted by Crippen LogP contribution is -2.26. The van der Waals surface area contributed by atoms with Gasteiger partial charge in [-0.15, -0.1) is 0 Å². The predicted molar refractivity (Wildman–Crippen MR) is 100 cm³/mol. The maximum absolute atomic E-state index is 12.3. The molecular weight excluding hydrogens is 387 g/mol. The molecule has 0 radical (unpaired) electrons. The Balaban J connectivity index is 0.000000370. The van der Waals surface area contributed by atoms with Gasteiger partial charge in [-0.2, -0.15) is 13.2 Å². The summed E-state index contributed by atoms with van der Waals surface area (Å²) in [6.45, 7) is 1.96. The maximum atomic E-state index is 12.3. The molecule has 1 amide bonds. The van der Waals surface area contributed by atoms with E-state index < -0.39 is 12.1 Å². The van der Waals surface area contributed by atoms with Crippen molar-refractivity contribution in [3.05, 3.63) is 78.1 Å². The van der Waals surface area contributed by atoms with Crippen LogP contribution in [-0.2, 0) is 4.79 Å². The van der Waals surface area contributed by atoms with Crippen LogP contribution >= 0.6 is 0 Å². The summed E-state index contributed by atoms with van der Waals surface area (Å²) in [4.78, 5) is 28.5. The van der Waals surface area contributed by atoms with Gasteiger partial charge in [0.2, 0.25) is 0 Å². The summed E-state index contributed by atoms with van der Waals surface area (Å²) in [5, 5.41) is 10.1. The van der Waals surface area contributed by atoms with Crippen LogP contribution < -0.4 is 5.32 Å². The first kappa shape index (κ1) is 21.7. The first-order valence-corrected chi connectivity index (χ1v) is 8.45. The number of hydrogen-bond donors (Lipinski definition) is 3. The second-order valence-electron chi connectivity index (χ2n) is 5.92. The van der Waals surface area contributed by atoms with E-state index in [1.807, 2.05) is 67.6 Å². The number of carboxylic acids is 1. The van der Waals surface area contributed by atoms with Gasteiger partial charge in [0.1, 0.15) is 11.5 Å². The van der Waals surface area contributed by atoms with Gasteiger partial charge in [-0.3, -0.25) is 4.79 Å². The highest BCUT2D eigenvalue weighted by Crippen LogP contribution is 2.16. The zero-order valence-electron chi connectivity index (χ0n) is 15.3. The third kappa shape index (κ3) is 6.49. The molecule has 0 aliphatic carbocycles. The van der Waals surface area contributed by atoms with E-state index in [0.717, 1.165) is 11.1 Å². The summed E-state index contributed by atoms with van der Waals surface area (Å²) < 4.78 is 31.7. The number of alkyl halides is 3. The molecule has 6 nitrogen and oxygen atoms in total. The number of imidazole rings is 1. The van der Waals surface area contributed by atoms with Gasteiger partial charge >= 0.3 is 12.1 Å². The molecule has 3 N–H and O–H groups in total. The molecule has 0 unspecified atom stereocenters. The van der Waals surface area contributed by atoms with E-state index >= 15 is 0 Å². The van der Waals surface area contributed by atoms with Gasteiger partial charge < -0.3 is 15.4 Å². The molecule has 0 aliphatic rings. The van der Waals surface area contributed by atoms with E-state index in [9.17, 15) is 18.0 Å². The zero-order chi connectivity index (χ0) is 21.4. The van der Waals surface area contributed by atoms with Crippen molar-refractivity contribution in [2.75, 3.05) is 0 Å². The lowest BCUT2D eigenvalue weighted by atomic mass is 10.1. The highest BCUT2D eigenvalue weighted by atomic mass is 19.4. The van der Waals surface area contributed by atoms with Crippen LogP contribution in [0.1, 0.15) is 29.0 Å². The Hall–Kier alpha value is -3.62. The van der Waals surface area contributed by atoms with E-state index in [1.54, 1.807) is 6.20 Å². The Kier molecular flexibility index (Phi) is 7.13. The number of carboxylic acid groups (broad SMARTS) is 1. The van der Waals surface area contributed by atoms with Gasteiger partial charge in [0.25, 0.3) is 5.91 Å². The molecule has 1 atom stereocenters. The number of aliphatic carboxylic acids is 1. The highest BCUT2D eigenvalue weighted by molar-refractivity contribution is 5.93. The van der Waals surface area contributed by atoms with Crippen molar-refractivity contribution in [1.29, 1.82) is 0 Å². The lowest BCUT2D eigenvalue weighted by Gasteiger charge is -2.13. The van der Waals surface area contributed by atoms with Crippen LogP contribution in [0.2, 0.25) is 0 Å². The van der Waals surface area contributed by atoms with Crippen molar-refractivity contribution in [3.63, 3.8) is 0 Å². The van der Waals surface area contributed by atoms with Crippen molar-refractivity contribution in [2.45, 2.75) is 19.1 Å². The molecule has 0 fully saturated rings. The standard InChI is InChI=1S/C18H17N3O.C2HF3O2/c1-13(14-8-4-2-5-9-14)20-18(22)16-12-19-17(21-16)15-10-6-3-7-11-15;3-2(4,5)1(6)7/h2-13H,1H3,(H,19,21)(H,20,22);(H,6,7)/t13-;/m0./s1. The van der Waals surface area contributed by atoms with E-state index in [0.29, 0.717) is 11.5 Å². The molecule has 3 aromatic rings. The molecule has 0 aliphatic heterocycles. The lowest BCUT2D eigenvalue weighted by molar-refractivity contribution is -0.192. The van der Waals surface area contributed by atoms with Gasteiger partial charge in [0.15, 0.2) is 0 Å². The highest BCUT2D eigenvalue weighted by Gasteiger charge is 2.38. The Morgan fingerprint density at radius 2 is 1.55 bits per heavy atom. The molecule has 152 valence electrons. The second-order valence-corrected chi connectivity index (χ2v) is 5.92. The van der Waals surface area contributed by atoms with Crippen molar-refractivity contribution in [3.8, 4) is 11.4 Å². The summed E-state index contributed by atoms with van der Waals surface area (Å²) >= 11 is 0. The Labute approximate surface area is 164 Å². The van der Waals surface area contributed by atoms with Crippen molar-refractivity contribution >= 4 is 11.9 Å². The van der Waals surface area contributed by atoms with Crippen LogP contribution in [-0.4, -0.2) is 33.1 Å². The van der Waals surface area contributed by atoms with Gasteiger partial charge in [-0.1, -0.05) is 60.7 Å². The van der Waals surface area contributed by atoms with Crippen molar-refractivity contribution < 1.29 is 27.9 Å². The molecule has 0 saturated heterocycles. The van der Waals surface area contributed by atoms with Gasteiger partial charge in [-0.25, -0.2) is 9.78 Å². The number of aromatic amines is 1. The number of nitrogens with one attached hydrogen (secondary N) is 2. The molecule has 0 spiro atoms. The van der Waals surface area contributed by atoms with Crippen LogP contribution in [0.4, 0.5) is 13.2 Å². The minimum Gasteiger partial charge on any atom is -0.475 e. The molecule has 9 heteroatoms. The molecular formula is C20H18F3N3O3. The fraction of sp³-hybridized carbons (Fsp3) is 0.150. The van der Waals surface area contributed by atoms with Crippen molar-refractivity contribution in [2.24, 2.45) is 0 Å². The first-order chi connectivity index (χ1) is 13.7. The SMILES string of the molecule is C[C@H](NC(=O)c1cnc(-c2ccccc2)[nH]1)c1ccccc1.O=C(O)C(F)(F)F. The number of H-pyrrole nitrogens is 1. The van der Waals surface area contributed by atoms with Crippen LogP contribution in [0.25, 0.3) is 11.4 Å². The normalized spacial score (nSPS) is 11.7. The number of halogens is 3. The van der Waals surface area contributed by atoms with Crippen LogP contribution in [0.5, 0.6) is 0 Å². The average Bonchev–Trinajstić information content (AvgIpc) is 3.19. The third-order valence-electron chi connectivity index (χ3n) is 3.76. The van der Waals surface area contributed by atoms with E-state index in [-0.39, 0.29) is 11.9 Å². The van der Waals surface area contributed by atoms with Crippen molar-refractivity contribution in [1.82, 2.24) is 15.3 Å². The molecule has 0 bridgehead atoms. The van der Waals surface area contributed by atoms with Gasteiger partial charge in [0, 0.05) is 5.56 Å². The maximum Gasteiger partial charge on any atom is 0.490 e. The van der Waals surface area contributed by atoms with E-state index in [4.69, 9.17) is 9.90 Å². The number of carbonyl (C=O) groups excluding carboxylic acids is 1. The fourth-order valence-corrected chi connectivity index (χ4v) is 2.28. The van der Waals surface area contributed by atoms with Crippen LogP contribution in [0, 0.1) is 0 Å². The number of benzene rings is 2. The second kappa shape index (κ2) is 9.54. The number of nitrogens with zero attached hydrogens (tertiary/aromatic N) is 1. The quantitative estimate of drug-likeness (QED) is 0.606. The summed E-state index contributed by atoms with van der Waals surface area (Å²) in [6.07, 6.45) is -3.52. The number of amides is 1. The number of aromatic nitrogens is 2. The number of hydrogen-bond acceptors (Lipinski definition) is 3. The Morgan fingerprint density at radius 3 is 2.07 bits per heavy atom. The molecule has 3 rings (SSSR count). The summed E-state index contributed by atoms with van der Waals surface area (Å²) in [6, 6.07) is 19.5. The average molecular weight is 405 g/mol. The zero-order valence-corrected chi connectivity index (χ0v) is 15.3. The summed E-state index contributed by atoms with van der Waals surface area (Å²) in [5.41, 5.74) is 2.48. The van der Waals surface area contributed by atoms with E-state index in [2.05, 4.69) is 15.3 Å². The first-order valence-electron chi connectivity index (χ1n) is 8.45. The number of rotatable bonds is 4. The van der Waals surface area contributed by atoms with E-state index in [1.165, 1.54) is 0 Å². The summed E-state index contributed by atoms with van der Waals surface area (Å²) in [5.74, 6) is -2.23. The van der Waals surface area contributed by atoms with Crippen LogP contribution in [0.15, 0.2) is 66.9 Å². The fourth-order valence-electron chi connectivity index (χ4n) is 2.28. The van der Waals surface area contributed by atoms with Gasteiger partial charge in [0.05, 0.1) is 12.2 Å². The molecule has 0 saturated carbocycles. The van der Waals surface area contributed by atoms with Gasteiger partial charge in [-0.05, 0) is 12.5 Å². The molecule has 2 aromatic carbocycles. The largest absolute Gasteiger partial charge is 0.490 e. The monoisotopic (exact) mass is 405 g/mol.